The fourth-order valence-electron chi connectivity index (χ4n) is 3.05. The minimum atomic E-state index is -0.241. The first-order chi connectivity index (χ1) is 12.8. The summed E-state index contributed by atoms with van der Waals surface area (Å²) in [5, 5.41) is 0. The van der Waals surface area contributed by atoms with Gasteiger partial charge in [-0.3, -0.25) is 0 Å². The molecule has 0 aromatic rings. The molecular weight excluding hydrogens is 406 g/mol. The maximum Gasteiger partial charge on any atom is 2.00 e. The van der Waals surface area contributed by atoms with Crippen molar-refractivity contribution >= 4 is 14.2 Å². The van der Waals surface area contributed by atoms with E-state index in [0.717, 1.165) is 11.6 Å². The minimum absolute atomic E-state index is 0. The Morgan fingerprint density at radius 1 is 0.483 bits per heavy atom. The average molecular weight is 438 g/mol. The van der Waals surface area contributed by atoms with Gasteiger partial charge < -0.3 is 18.6 Å². The third-order valence-corrected chi connectivity index (χ3v) is 6.43. The number of rotatable bonds is 2. The molecule has 4 rings (SSSR count). The van der Waals surface area contributed by atoms with Gasteiger partial charge in [0, 0.05) is 11.6 Å². The summed E-state index contributed by atoms with van der Waals surface area (Å²) in [6.45, 7) is 16.5. The van der Waals surface area contributed by atoms with Gasteiger partial charge in [0.15, 0.2) is 0 Å². The summed E-state index contributed by atoms with van der Waals surface area (Å²) in [4.78, 5) is 0. The van der Waals surface area contributed by atoms with Crippen LogP contribution >= 0.6 is 0 Å². The topological polar surface area (TPSA) is 36.9 Å². The van der Waals surface area contributed by atoms with Crippen molar-refractivity contribution in [2.45, 2.75) is 77.8 Å². The second-order valence-electron chi connectivity index (χ2n) is 9.61. The van der Waals surface area contributed by atoms with E-state index in [1.807, 2.05) is 51.4 Å². The summed E-state index contributed by atoms with van der Waals surface area (Å²) >= 11 is 0. The van der Waals surface area contributed by atoms with Gasteiger partial charge in [0.2, 0.25) is 0 Å². The van der Waals surface area contributed by atoms with Gasteiger partial charge in [-0.25, -0.2) is 0 Å². The third kappa shape index (κ3) is 5.46. The van der Waals surface area contributed by atoms with Crippen molar-refractivity contribution in [1.82, 2.24) is 0 Å². The standard InChI is InChI=1S/2C11H16BO2.Fe/c2*1-10(2)11(3,4)14-12(13-10)9-7-5-6-8-9;/h2*5-8H,1-4H3;/q;;+2. The Morgan fingerprint density at radius 3 is 0.897 bits per heavy atom. The van der Waals surface area contributed by atoms with Gasteiger partial charge in [-0.2, -0.15) is 0 Å². The summed E-state index contributed by atoms with van der Waals surface area (Å²) < 4.78 is 23.5. The molecule has 0 aromatic carbocycles. The molecule has 0 N–H and O–H groups in total. The fourth-order valence-corrected chi connectivity index (χ4v) is 3.05. The largest absolute Gasteiger partial charge is 2.00 e. The van der Waals surface area contributed by atoms with Crippen LogP contribution in [0.15, 0.2) is 0 Å². The molecule has 0 bridgehead atoms. The van der Waals surface area contributed by atoms with E-state index in [4.69, 9.17) is 18.6 Å². The smallest absolute Gasteiger partial charge is 0.403 e. The molecule has 2 aliphatic carbocycles. The first kappa shape index (κ1) is 25.7. The molecule has 0 spiro atoms. The van der Waals surface area contributed by atoms with Crippen molar-refractivity contribution in [2.24, 2.45) is 0 Å². The van der Waals surface area contributed by atoms with Crippen molar-refractivity contribution in [1.29, 1.82) is 0 Å². The van der Waals surface area contributed by atoms with Crippen molar-refractivity contribution < 1.29 is 35.7 Å². The second kappa shape index (κ2) is 9.16. The van der Waals surface area contributed by atoms with Crippen molar-refractivity contribution in [2.75, 3.05) is 0 Å². The summed E-state index contributed by atoms with van der Waals surface area (Å²) in [6.07, 6.45) is 16.1. The van der Waals surface area contributed by atoms with Crippen LogP contribution in [0.2, 0.25) is 0 Å². The van der Waals surface area contributed by atoms with Crippen LogP contribution in [-0.2, 0) is 35.7 Å². The normalized spacial score (nSPS) is 30.2. The molecule has 156 valence electrons. The first-order valence-corrected chi connectivity index (χ1v) is 9.99. The van der Waals surface area contributed by atoms with Crippen molar-refractivity contribution in [3.05, 3.63) is 63.0 Å². The fraction of sp³-hybridized carbons (Fsp3) is 0.545. The molecule has 0 atom stereocenters. The SMILES string of the molecule is CC1(C)OB([C]2[CH][CH][CH][CH]2)OC1(C)C.CC1(C)OB([C]2[CH][CH][CH][CH]2)OC1(C)C.[Fe+2]. The van der Waals surface area contributed by atoms with Crippen LogP contribution in [0.5, 0.6) is 0 Å². The van der Waals surface area contributed by atoms with Crippen molar-refractivity contribution in [3.63, 3.8) is 0 Å². The molecule has 29 heavy (non-hydrogen) atoms. The zero-order valence-electron chi connectivity index (χ0n) is 18.8. The van der Waals surface area contributed by atoms with Gasteiger partial charge >= 0.3 is 31.3 Å². The average Bonchev–Trinajstić information content (AvgIpc) is 3.31. The van der Waals surface area contributed by atoms with E-state index in [-0.39, 0.29) is 53.7 Å². The van der Waals surface area contributed by atoms with Crippen LogP contribution < -0.4 is 0 Å². The Morgan fingerprint density at radius 2 is 0.690 bits per heavy atom. The summed E-state index contributed by atoms with van der Waals surface area (Å²) in [7, 11) is -0.426. The van der Waals surface area contributed by atoms with E-state index in [1.54, 1.807) is 0 Å². The Bertz CT molecular complexity index is 461. The van der Waals surface area contributed by atoms with E-state index >= 15 is 0 Å². The molecule has 2 aliphatic heterocycles. The van der Waals surface area contributed by atoms with Gasteiger partial charge in [-0.05, 0) is 107 Å². The summed E-state index contributed by atoms with van der Waals surface area (Å²) in [5.41, 5.74) is -0.965. The van der Waals surface area contributed by atoms with Crippen LogP contribution in [0, 0.1) is 63.0 Å². The van der Waals surface area contributed by atoms with E-state index < -0.39 is 0 Å². The summed E-state index contributed by atoms with van der Waals surface area (Å²) in [5.74, 6) is 2.20. The van der Waals surface area contributed by atoms with Gasteiger partial charge in [-0.1, -0.05) is 0 Å². The molecule has 4 aliphatic rings. The third-order valence-electron chi connectivity index (χ3n) is 6.43. The molecule has 0 aromatic heterocycles. The Balaban J connectivity index is 0.000000200. The maximum atomic E-state index is 5.89. The van der Waals surface area contributed by atoms with Crippen LogP contribution in [-0.4, -0.2) is 36.6 Å². The zero-order chi connectivity index (χ0) is 20.8. The van der Waals surface area contributed by atoms with Gasteiger partial charge in [0.05, 0.1) is 22.4 Å². The Kier molecular flexibility index (Phi) is 8.13. The molecule has 0 amide bonds. The van der Waals surface area contributed by atoms with Crippen LogP contribution in [0.25, 0.3) is 0 Å². The zero-order valence-corrected chi connectivity index (χ0v) is 19.9. The molecule has 2 saturated carbocycles. The van der Waals surface area contributed by atoms with Crippen molar-refractivity contribution in [3.8, 4) is 0 Å². The molecular formula is C22H32B2FeO4+2. The van der Waals surface area contributed by atoms with Crippen LogP contribution in [0.3, 0.4) is 0 Å². The molecule has 2 heterocycles. The predicted octanol–water partition coefficient (Wildman–Crippen LogP) is 4.04. The molecule has 10 radical (unpaired) electrons. The molecule has 2 saturated heterocycles. The van der Waals surface area contributed by atoms with E-state index in [2.05, 4.69) is 55.4 Å². The predicted molar refractivity (Wildman–Crippen MR) is 113 cm³/mol. The van der Waals surface area contributed by atoms with Crippen LogP contribution in [0.1, 0.15) is 55.4 Å². The first-order valence-electron chi connectivity index (χ1n) is 9.99. The second-order valence-corrected chi connectivity index (χ2v) is 9.61. The quantitative estimate of drug-likeness (QED) is 0.611. The van der Waals surface area contributed by atoms with E-state index in [0.29, 0.717) is 0 Å². The summed E-state index contributed by atoms with van der Waals surface area (Å²) in [6, 6.07) is 0. The van der Waals surface area contributed by atoms with Gasteiger partial charge in [0.1, 0.15) is 0 Å². The number of hydrogen-bond donors (Lipinski definition) is 0. The van der Waals surface area contributed by atoms with Gasteiger partial charge in [0.25, 0.3) is 0 Å². The Labute approximate surface area is 190 Å². The van der Waals surface area contributed by atoms with Gasteiger partial charge in [-0.15, -0.1) is 0 Å². The van der Waals surface area contributed by atoms with Crippen LogP contribution in [0.4, 0.5) is 0 Å². The van der Waals surface area contributed by atoms with E-state index in [9.17, 15) is 0 Å². The Hall–Kier alpha value is 0.489. The minimum Gasteiger partial charge on any atom is -0.403 e. The molecule has 7 heteroatoms. The molecule has 4 nitrogen and oxygen atoms in total. The van der Waals surface area contributed by atoms with E-state index in [1.165, 1.54) is 0 Å². The maximum absolute atomic E-state index is 5.89. The molecule has 4 fully saturated rings. The number of hydrogen-bond acceptors (Lipinski definition) is 4. The molecule has 0 unspecified atom stereocenters. The monoisotopic (exact) mass is 438 g/mol.